The van der Waals surface area contributed by atoms with E-state index in [1.807, 2.05) is 13.8 Å². The van der Waals surface area contributed by atoms with Crippen LogP contribution >= 0.6 is 0 Å². The number of hydrogen-bond donors (Lipinski definition) is 1. The van der Waals surface area contributed by atoms with E-state index in [-0.39, 0.29) is 12.5 Å². The number of esters is 2. The van der Waals surface area contributed by atoms with E-state index in [4.69, 9.17) is 9.47 Å². The number of ether oxygens (including phenoxy) is 2. The highest BCUT2D eigenvalue weighted by Crippen LogP contribution is 2.11. The van der Waals surface area contributed by atoms with Gasteiger partial charge in [0.15, 0.2) is 0 Å². The van der Waals surface area contributed by atoms with Crippen molar-refractivity contribution in [1.82, 2.24) is 5.32 Å². The van der Waals surface area contributed by atoms with Crippen molar-refractivity contribution in [2.45, 2.75) is 72.1 Å². The molecule has 0 bridgehead atoms. The van der Waals surface area contributed by atoms with E-state index in [1.165, 1.54) is 0 Å². The second-order valence-corrected chi connectivity index (χ2v) is 5.57. The number of carbonyl (C=O) groups is 2. The first-order valence-corrected chi connectivity index (χ1v) is 6.84. The lowest BCUT2D eigenvalue weighted by atomic mass is 10.1. The van der Waals surface area contributed by atoms with E-state index >= 15 is 0 Å². The van der Waals surface area contributed by atoms with Gasteiger partial charge in [-0.3, -0.25) is 9.59 Å². The van der Waals surface area contributed by atoms with E-state index in [0.29, 0.717) is 6.61 Å². The average molecular weight is 273 g/mol. The van der Waals surface area contributed by atoms with Crippen LogP contribution in [0.15, 0.2) is 0 Å². The van der Waals surface area contributed by atoms with Gasteiger partial charge in [0, 0.05) is 6.04 Å². The summed E-state index contributed by atoms with van der Waals surface area (Å²) in [5.41, 5.74) is -0.568. The Labute approximate surface area is 116 Å². The van der Waals surface area contributed by atoms with Crippen molar-refractivity contribution in [1.29, 1.82) is 0 Å². The molecule has 0 aliphatic heterocycles. The van der Waals surface area contributed by atoms with Crippen LogP contribution in [0.5, 0.6) is 0 Å². The third kappa shape index (κ3) is 8.59. The molecule has 0 radical (unpaired) electrons. The number of nitrogens with one attached hydrogen (secondary N) is 1. The molecule has 0 aliphatic rings. The Morgan fingerprint density at radius 2 is 1.79 bits per heavy atom. The monoisotopic (exact) mass is 273 g/mol. The number of rotatable bonds is 7. The van der Waals surface area contributed by atoms with Crippen LogP contribution in [-0.2, 0) is 19.1 Å². The minimum Gasteiger partial charge on any atom is -0.466 e. The van der Waals surface area contributed by atoms with Crippen LogP contribution in [-0.4, -0.2) is 36.2 Å². The van der Waals surface area contributed by atoms with Crippen molar-refractivity contribution in [2.24, 2.45) is 0 Å². The van der Waals surface area contributed by atoms with Gasteiger partial charge < -0.3 is 14.8 Å². The molecule has 5 nitrogen and oxygen atoms in total. The molecular weight excluding hydrogens is 246 g/mol. The zero-order chi connectivity index (χ0) is 15.1. The van der Waals surface area contributed by atoms with Gasteiger partial charge in [-0.15, -0.1) is 0 Å². The lowest BCUT2D eigenvalue weighted by molar-refractivity contribution is -0.161. The molecule has 0 aliphatic carbocycles. The summed E-state index contributed by atoms with van der Waals surface area (Å²) in [6.07, 6.45) is 0.856. The minimum atomic E-state index is -0.659. The van der Waals surface area contributed by atoms with Crippen LogP contribution in [0, 0.1) is 0 Å². The molecule has 112 valence electrons. The lowest BCUT2D eigenvalue weighted by Gasteiger charge is -2.26. The zero-order valence-corrected chi connectivity index (χ0v) is 12.9. The molecule has 2 atom stereocenters. The molecule has 0 aromatic rings. The molecule has 0 fully saturated rings. The van der Waals surface area contributed by atoms with Crippen molar-refractivity contribution < 1.29 is 19.1 Å². The van der Waals surface area contributed by atoms with E-state index in [1.54, 1.807) is 27.7 Å². The van der Waals surface area contributed by atoms with Crippen molar-refractivity contribution >= 4 is 11.9 Å². The van der Waals surface area contributed by atoms with E-state index in [9.17, 15) is 9.59 Å². The molecule has 0 amide bonds. The summed E-state index contributed by atoms with van der Waals surface area (Å²) < 4.78 is 10.2. The van der Waals surface area contributed by atoms with E-state index in [2.05, 4.69) is 5.32 Å². The molecule has 5 heteroatoms. The van der Waals surface area contributed by atoms with Crippen LogP contribution in [0.3, 0.4) is 0 Å². The first-order chi connectivity index (χ1) is 8.69. The van der Waals surface area contributed by atoms with Crippen LogP contribution in [0.25, 0.3) is 0 Å². The molecule has 0 saturated heterocycles. The van der Waals surface area contributed by atoms with Gasteiger partial charge in [0.05, 0.1) is 13.0 Å². The lowest BCUT2D eigenvalue weighted by Crippen LogP contribution is -2.46. The Balaban J connectivity index is 4.65. The van der Waals surface area contributed by atoms with Crippen LogP contribution < -0.4 is 5.32 Å². The van der Waals surface area contributed by atoms with Gasteiger partial charge in [0.25, 0.3) is 0 Å². The Morgan fingerprint density at radius 3 is 2.21 bits per heavy atom. The van der Waals surface area contributed by atoms with Gasteiger partial charge in [-0.25, -0.2) is 0 Å². The van der Waals surface area contributed by atoms with Crippen molar-refractivity contribution in [2.75, 3.05) is 6.61 Å². The van der Waals surface area contributed by atoms with Gasteiger partial charge in [-0.2, -0.15) is 0 Å². The standard InChI is InChI=1S/C14H27NO4/c1-7-10(3)15-11(9-12(16)18-8-2)13(17)19-14(4,5)6/h10-11,15H,7-9H2,1-6H3. The summed E-state index contributed by atoms with van der Waals surface area (Å²) in [4.78, 5) is 23.6. The highest BCUT2D eigenvalue weighted by atomic mass is 16.6. The minimum absolute atomic E-state index is 0.00685. The quantitative estimate of drug-likeness (QED) is 0.719. The van der Waals surface area contributed by atoms with E-state index in [0.717, 1.165) is 6.42 Å². The summed E-state index contributed by atoms with van der Waals surface area (Å²) in [6, 6.07) is -0.528. The molecule has 2 unspecified atom stereocenters. The fourth-order valence-electron chi connectivity index (χ4n) is 1.43. The Hall–Kier alpha value is -1.10. The number of hydrogen-bond acceptors (Lipinski definition) is 5. The molecule has 1 N–H and O–H groups in total. The second-order valence-electron chi connectivity index (χ2n) is 5.57. The SMILES string of the molecule is CCOC(=O)CC(NC(C)CC)C(=O)OC(C)(C)C. The molecule has 19 heavy (non-hydrogen) atoms. The predicted octanol–water partition coefficient (Wildman–Crippen LogP) is 2.04. The first-order valence-electron chi connectivity index (χ1n) is 6.84. The molecule has 0 rings (SSSR count). The van der Waals surface area contributed by atoms with Crippen LogP contribution in [0.4, 0.5) is 0 Å². The fraction of sp³-hybridized carbons (Fsp3) is 0.857. The van der Waals surface area contributed by atoms with Gasteiger partial charge >= 0.3 is 11.9 Å². The third-order valence-electron chi connectivity index (χ3n) is 2.47. The Bertz CT molecular complexity index is 296. The second kappa shape index (κ2) is 8.15. The topological polar surface area (TPSA) is 64.6 Å². The fourth-order valence-corrected chi connectivity index (χ4v) is 1.43. The van der Waals surface area contributed by atoms with Gasteiger partial charge in [0.1, 0.15) is 11.6 Å². The van der Waals surface area contributed by atoms with Crippen molar-refractivity contribution in [3.8, 4) is 0 Å². The Morgan fingerprint density at radius 1 is 1.21 bits per heavy atom. The van der Waals surface area contributed by atoms with Gasteiger partial charge in [-0.05, 0) is 41.0 Å². The normalized spacial score (nSPS) is 14.6. The first kappa shape index (κ1) is 17.9. The maximum atomic E-state index is 12.1. The molecule has 0 heterocycles. The maximum absolute atomic E-state index is 12.1. The summed E-state index contributed by atoms with van der Waals surface area (Å²) >= 11 is 0. The largest absolute Gasteiger partial charge is 0.466 e. The summed E-state index contributed by atoms with van der Waals surface area (Å²) in [5, 5.41) is 3.10. The molecule has 0 aromatic heterocycles. The predicted molar refractivity (Wildman–Crippen MR) is 73.8 cm³/mol. The van der Waals surface area contributed by atoms with Crippen molar-refractivity contribution in [3.63, 3.8) is 0 Å². The van der Waals surface area contributed by atoms with Gasteiger partial charge in [-0.1, -0.05) is 6.92 Å². The average Bonchev–Trinajstić information content (AvgIpc) is 2.25. The van der Waals surface area contributed by atoms with E-state index < -0.39 is 23.6 Å². The summed E-state index contributed by atoms with van der Waals surface area (Å²) in [7, 11) is 0. The molecular formula is C14H27NO4. The Kier molecular flexibility index (Phi) is 7.68. The highest BCUT2D eigenvalue weighted by molar-refractivity contribution is 5.83. The summed E-state index contributed by atoms with van der Waals surface area (Å²) in [5.74, 6) is -0.810. The molecule has 0 saturated carbocycles. The van der Waals surface area contributed by atoms with Gasteiger partial charge in [0.2, 0.25) is 0 Å². The van der Waals surface area contributed by atoms with Crippen LogP contribution in [0.1, 0.15) is 54.4 Å². The number of carbonyl (C=O) groups excluding carboxylic acids is 2. The maximum Gasteiger partial charge on any atom is 0.324 e. The molecule has 0 spiro atoms. The van der Waals surface area contributed by atoms with Crippen LogP contribution in [0.2, 0.25) is 0 Å². The smallest absolute Gasteiger partial charge is 0.324 e. The zero-order valence-electron chi connectivity index (χ0n) is 12.9. The highest BCUT2D eigenvalue weighted by Gasteiger charge is 2.28. The molecule has 0 aromatic carbocycles. The van der Waals surface area contributed by atoms with Crippen molar-refractivity contribution in [3.05, 3.63) is 0 Å². The summed E-state index contributed by atoms with van der Waals surface area (Å²) in [6.45, 7) is 11.4. The third-order valence-corrected chi connectivity index (χ3v) is 2.47.